The average Bonchev–Trinajstić information content (AvgIpc) is 2.30. The maximum atomic E-state index is 11.7. The van der Waals surface area contributed by atoms with E-state index in [1.165, 1.54) is 0 Å². The minimum atomic E-state index is -0.530. The molecule has 17 heavy (non-hydrogen) atoms. The fourth-order valence-corrected chi connectivity index (χ4v) is 1.43. The van der Waals surface area contributed by atoms with Gasteiger partial charge in [0.05, 0.1) is 6.61 Å². The van der Waals surface area contributed by atoms with Crippen LogP contribution in [0.1, 0.15) is 13.8 Å². The van der Waals surface area contributed by atoms with Crippen molar-refractivity contribution in [3.05, 3.63) is 0 Å². The molecule has 2 amide bonds. The number of halogens is 1. The first-order valence-corrected chi connectivity index (χ1v) is 5.55. The van der Waals surface area contributed by atoms with E-state index in [1.807, 2.05) is 6.92 Å². The molecule has 3 N–H and O–H groups in total. The molecule has 0 saturated carbocycles. The molecular formula is C10H20ClN3O3. The van der Waals surface area contributed by atoms with Gasteiger partial charge in [-0.25, -0.2) is 0 Å². The van der Waals surface area contributed by atoms with Gasteiger partial charge in [-0.3, -0.25) is 9.59 Å². The van der Waals surface area contributed by atoms with Crippen molar-refractivity contribution in [3.63, 3.8) is 0 Å². The summed E-state index contributed by atoms with van der Waals surface area (Å²) in [6.07, 6.45) is -0.495. The van der Waals surface area contributed by atoms with Crippen LogP contribution in [0.3, 0.4) is 0 Å². The maximum absolute atomic E-state index is 11.7. The van der Waals surface area contributed by atoms with Crippen LogP contribution in [-0.2, 0) is 14.3 Å². The third-order valence-electron chi connectivity index (χ3n) is 2.32. The van der Waals surface area contributed by atoms with Gasteiger partial charge in [0.15, 0.2) is 0 Å². The van der Waals surface area contributed by atoms with Crippen molar-refractivity contribution in [2.45, 2.75) is 26.0 Å². The molecule has 0 aliphatic carbocycles. The Kier molecular flexibility index (Phi) is 7.86. The highest BCUT2D eigenvalue weighted by Crippen LogP contribution is 1.96. The molecule has 2 unspecified atom stereocenters. The first-order valence-electron chi connectivity index (χ1n) is 5.55. The van der Waals surface area contributed by atoms with Crippen molar-refractivity contribution >= 4 is 24.2 Å². The number of hydrogen-bond acceptors (Lipinski definition) is 4. The van der Waals surface area contributed by atoms with Gasteiger partial charge in [0.1, 0.15) is 12.1 Å². The lowest BCUT2D eigenvalue weighted by Gasteiger charge is -2.24. The molecule has 0 aromatic carbocycles. The number of carbonyl (C=O) groups excluding carboxylic acids is 2. The van der Waals surface area contributed by atoms with Crippen LogP contribution in [-0.4, -0.2) is 50.2 Å². The summed E-state index contributed by atoms with van der Waals surface area (Å²) >= 11 is 0. The number of ether oxygens (including phenoxy) is 1. The zero-order valence-corrected chi connectivity index (χ0v) is 10.9. The topological polar surface area (TPSA) is 79.5 Å². The van der Waals surface area contributed by atoms with Gasteiger partial charge in [0.25, 0.3) is 5.91 Å². The van der Waals surface area contributed by atoms with Crippen molar-refractivity contribution in [2.75, 3.05) is 26.2 Å². The Morgan fingerprint density at radius 3 is 2.76 bits per heavy atom. The maximum Gasteiger partial charge on any atom is 0.251 e. The van der Waals surface area contributed by atoms with Gasteiger partial charge >= 0.3 is 0 Å². The molecule has 0 aromatic heterocycles. The van der Waals surface area contributed by atoms with Crippen molar-refractivity contribution < 1.29 is 14.3 Å². The van der Waals surface area contributed by atoms with E-state index in [-0.39, 0.29) is 24.2 Å². The van der Waals surface area contributed by atoms with Crippen LogP contribution in [0.5, 0.6) is 0 Å². The number of nitrogens with one attached hydrogen (secondary N) is 3. The highest BCUT2D eigenvalue weighted by atomic mass is 35.5. The first kappa shape index (κ1) is 16.1. The molecule has 0 bridgehead atoms. The van der Waals surface area contributed by atoms with Crippen LogP contribution < -0.4 is 16.0 Å². The van der Waals surface area contributed by atoms with Gasteiger partial charge < -0.3 is 20.7 Å². The number of hydrogen-bond donors (Lipinski definition) is 3. The lowest BCUT2D eigenvalue weighted by molar-refractivity contribution is -0.137. The van der Waals surface area contributed by atoms with Crippen molar-refractivity contribution in [3.8, 4) is 0 Å². The molecular weight excluding hydrogens is 246 g/mol. The summed E-state index contributed by atoms with van der Waals surface area (Å²) in [4.78, 5) is 23.0. The van der Waals surface area contributed by atoms with Crippen molar-refractivity contribution in [1.29, 1.82) is 0 Å². The van der Waals surface area contributed by atoms with Gasteiger partial charge in [-0.2, -0.15) is 0 Å². The Morgan fingerprint density at radius 1 is 1.53 bits per heavy atom. The van der Waals surface area contributed by atoms with E-state index in [2.05, 4.69) is 16.0 Å². The van der Waals surface area contributed by atoms with Crippen LogP contribution in [0.4, 0.5) is 0 Å². The molecule has 2 atom stereocenters. The van der Waals surface area contributed by atoms with Crippen LogP contribution >= 0.6 is 12.4 Å². The molecule has 6 nitrogen and oxygen atoms in total. The molecule has 0 aromatic rings. The summed E-state index contributed by atoms with van der Waals surface area (Å²) in [5.74, 6) is -0.425. The van der Waals surface area contributed by atoms with Crippen molar-refractivity contribution in [1.82, 2.24) is 16.0 Å². The summed E-state index contributed by atoms with van der Waals surface area (Å²) in [5, 5.41) is 8.32. The molecule has 0 spiro atoms. The van der Waals surface area contributed by atoms with Crippen LogP contribution in [0, 0.1) is 0 Å². The Morgan fingerprint density at radius 2 is 2.24 bits per heavy atom. The second kappa shape index (κ2) is 8.27. The van der Waals surface area contributed by atoms with Crippen LogP contribution in [0.2, 0.25) is 0 Å². The molecule has 1 fully saturated rings. The molecule has 100 valence electrons. The fourth-order valence-electron chi connectivity index (χ4n) is 1.43. The minimum Gasteiger partial charge on any atom is -0.366 e. The minimum absolute atomic E-state index is 0. The first-order chi connectivity index (χ1) is 7.65. The Balaban J connectivity index is 0.00000256. The second-order valence-electron chi connectivity index (χ2n) is 3.69. The summed E-state index contributed by atoms with van der Waals surface area (Å²) in [6, 6.07) is -0.530. The molecule has 1 heterocycles. The number of morpholine rings is 1. The zero-order valence-electron chi connectivity index (χ0n) is 10.1. The van der Waals surface area contributed by atoms with Gasteiger partial charge in [-0.15, -0.1) is 12.4 Å². The molecule has 7 heteroatoms. The lowest BCUT2D eigenvalue weighted by Crippen LogP contribution is -2.53. The zero-order chi connectivity index (χ0) is 12.0. The summed E-state index contributed by atoms with van der Waals surface area (Å²) in [5.41, 5.74) is 0. The van der Waals surface area contributed by atoms with Gasteiger partial charge in [-0.05, 0) is 13.8 Å². The van der Waals surface area contributed by atoms with E-state index >= 15 is 0 Å². The molecule has 1 aliphatic heterocycles. The van der Waals surface area contributed by atoms with Gasteiger partial charge in [0.2, 0.25) is 5.91 Å². The van der Waals surface area contributed by atoms with Gasteiger partial charge in [0, 0.05) is 19.6 Å². The van der Waals surface area contributed by atoms with Crippen LogP contribution in [0.15, 0.2) is 0 Å². The molecule has 1 rings (SSSR count). The van der Waals surface area contributed by atoms with Crippen molar-refractivity contribution in [2.24, 2.45) is 0 Å². The smallest absolute Gasteiger partial charge is 0.251 e. The quantitative estimate of drug-likeness (QED) is 0.612. The monoisotopic (exact) mass is 265 g/mol. The van der Waals surface area contributed by atoms with E-state index in [1.54, 1.807) is 6.92 Å². The standard InChI is InChI=1S/C10H19N3O3.ClH/c1-3-12-9(14)7(2)13-10(15)8-6-11-4-5-16-8;/h7-8,11H,3-6H2,1-2H3,(H,12,14)(H,13,15);1H. The van der Waals surface area contributed by atoms with Gasteiger partial charge in [-0.1, -0.05) is 0 Å². The largest absolute Gasteiger partial charge is 0.366 e. The second-order valence-corrected chi connectivity index (χ2v) is 3.69. The molecule has 1 aliphatic rings. The predicted molar refractivity (Wildman–Crippen MR) is 66.1 cm³/mol. The molecule has 0 radical (unpaired) electrons. The molecule has 1 saturated heterocycles. The third kappa shape index (κ3) is 5.34. The van der Waals surface area contributed by atoms with E-state index in [0.29, 0.717) is 19.7 Å². The normalized spacial score (nSPS) is 20.9. The lowest BCUT2D eigenvalue weighted by atomic mass is 10.2. The predicted octanol–water partition coefficient (Wildman–Crippen LogP) is -0.963. The van der Waals surface area contributed by atoms with E-state index in [4.69, 9.17) is 4.74 Å². The number of carbonyl (C=O) groups is 2. The number of rotatable bonds is 4. The Labute approximate surface area is 107 Å². The summed E-state index contributed by atoms with van der Waals surface area (Å²) in [6.45, 7) is 5.82. The van der Waals surface area contributed by atoms with Crippen LogP contribution in [0.25, 0.3) is 0 Å². The average molecular weight is 266 g/mol. The Bertz CT molecular complexity index is 257. The third-order valence-corrected chi connectivity index (χ3v) is 2.32. The van der Waals surface area contributed by atoms with E-state index in [0.717, 1.165) is 6.54 Å². The van der Waals surface area contributed by atoms with E-state index in [9.17, 15) is 9.59 Å². The number of amides is 2. The summed E-state index contributed by atoms with van der Waals surface area (Å²) < 4.78 is 5.27. The highest BCUT2D eigenvalue weighted by molar-refractivity contribution is 5.89. The number of likely N-dealkylation sites (N-methyl/N-ethyl adjacent to an activating group) is 1. The fraction of sp³-hybridized carbons (Fsp3) is 0.800. The highest BCUT2D eigenvalue weighted by Gasteiger charge is 2.24. The Hall–Kier alpha value is -0.850. The summed E-state index contributed by atoms with van der Waals surface area (Å²) in [7, 11) is 0. The SMILES string of the molecule is CCNC(=O)C(C)NC(=O)C1CNCCO1.Cl. The van der Waals surface area contributed by atoms with E-state index < -0.39 is 12.1 Å².